The molecule has 2 saturated carbocycles. The van der Waals surface area contributed by atoms with Crippen molar-refractivity contribution in [1.82, 2.24) is 5.01 Å². The van der Waals surface area contributed by atoms with E-state index in [2.05, 4.69) is 17.3 Å². The molecule has 1 aliphatic heterocycles. The second-order valence-corrected chi connectivity index (χ2v) is 7.16. The van der Waals surface area contributed by atoms with Gasteiger partial charge in [-0.05, 0) is 59.9 Å². The Morgan fingerprint density at radius 3 is 2.17 bits per heavy atom. The number of carbonyl (C=O) groups excluding carboxylic acids is 2. The Bertz CT molecular complexity index is 746. The lowest BCUT2D eigenvalue weighted by Gasteiger charge is -2.37. The maximum absolute atomic E-state index is 12.8. The molecule has 0 aromatic heterocycles. The lowest BCUT2D eigenvalue weighted by molar-refractivity contribution is -0.140. The molecule has 2 bridgehead atoms. The van der Waals surface area contributed by atoms with Gasteiger partial charge in [0.25, 0.3) is 11.8 Å². The van der Waals surface area contributed by atoms with Crippen LogP contribution in [0.2, 0.25) is 0 Å². The average molecular weight is 322 g/mol. The summed E-state index contributed by atoms with van der Waals surface area (Å²) in [7, 11) is 1.61. The molecule has 6 atom stereocenters. The summed E-state index contributed by atoms with van der Waals surface area (Å²) in [6.45, 7) is 0. The molecule has 6 rings (SSSR count). The first-order valence-corrected chi connectivity index (χ1v) is 8.43. The molecule has 1 aromatic carbocycles. The van der Waals surface area contributed by atoms with E-state index in [4.69, 9.17) is 4.74 Å². The predicted octanol–water partition coefficient (Wildman–Crippen LogP) is 2.08. The maximum Gasteiger partial charge on any atom is 0.254 e. The summed E-state index contributed by atoms with van der Waals surface area (Å²) < 4.78 is 5.12. The summed E-state index contributed by atoms with van der Waals surface area (Å²) >= 11 is 0. The van der Waals surface area contributed by atoms with Crippen LogP contribution in [0.4, 0.5) is 0 Å². The number of hydrogen-bond acceptors (Lipinski definition) is 4. The number of imide groups is 1. The number of carbonyl (C=O) groups is 2. The van der Waals surface area contributed by atoms with E-state index in [1.54, 1.807) is 13.3 Å². The number of benzene rings is 1. The van der Waals surface area contributed by atoms with Gasteiger partial charge < -0.3 is 4.74 Å². The molecule has 24 heavy (non-hydrogen) atoms. The van der Waals surface area contributed by atoms with Gasteiger partial charge in [0.2, 0.25) is 0 Å². The Morgan fingerprint density at radius 1 is 1.04 bits per heavy atom. The van der Waals surface area contributed by atoms with Gasteiger partial charge in [0.05, 0.1) is 25.2 Å². The van der Waals surface area contributed by atoms with Crippen LogP contribution in [0.3, 0.4) is 0 Å². The summed E-state index contributed by atoms with van der Waals surface area (Å²) in [4.78, 5) is 25.5. The number of methoxy groups -OCH3 is 1. The van der Waals surface area contributed by atoms with Gasteiger partial charge in [-0.2, -0.15) is 10.1 Å². The largest absolute Gasteiger partial charge is 0.497 e. The van der Waals surface area contributed by atoms with Crippen molar-refractivity contribution in [3.63, 3.8) is 0 Å². The Labute approximate surface area is 140 Å². The molecule has 0 unspecified atom stereocenters. The zero-order chi connectivity index (χ0) is 16.4. The summed E-state index contributed by atoms with van der Waals surface area (Å²) in [6, 6.07) is 7.35. The van der Waals surface area contributed by atoms with Crippen molar-refractivity contribution in [3.05, 3.63) is 42.0 Å². The van der Waals surface area contributed by atoms with Gasteiger partial charge in [0.15, 0.2) is 0 Å². The number of hydrogen-bond donors (Lipinski definition) is 0. The molecule has 5 nitrogen and oxygen atoms in total. The van der Waals surface area contributed by atoms with E-state index in [9.17, 15) is 9.59 Å². The molecule has 0 spiro atoms. The highest BCUT2D eigenvalue weighted by molar-refractivity contribution is 6.06. The second kappa shape index (κ2) is 4.79. The highest BCUT2D eigenvalue weighted by Gasteiger charge is 2.67. The van der Waals surface area contributed by atoms with Crippen molar-refractivity contribution in [1.29, 1.82) is 0 Å². The fraction of sp³-hybridized carbons (Fsp3) is 0.421. The molecule has 122 valence electrons. The maximum atomic E-state index is 12.8. The fourth-order valence-corrected chi connectivity index (χ4v) is 4.87. The smallest absolute Gasteiger partial charge is 0.254 e. The lowest BCUT2D eigenvalue weighted by Crippen LogP contribution is -2.40. The van der Waals surface area contributed by atoms with Crippen molar-refractivity contribution in [2.24, 2.45) is 40.6 Å². The van der Waals surface area contributed by atoms with Crippen molar-refractivity contribution < 1.29 is 14.3 Å². The first kappa shape index (κ1) is 14.0. The number of ether oxygens (including phenoxy) is 1. The topological polar surface area (TPSA) is 59.0 Å². The lowest BCUT2D eigenvalue weighted by atomic mass is 9.63. The van der Waals surface area contributed by atoms with Crippen molar-refractivity contribution in [3.8, 4) is 5.75 Å². The predicted molar refractivity (Wildman–Crippen MR) is 87.1 cm³/mol. The number of amides is 2. The first-order chi connectivity index (χ1) is 11.7. The molecular formula is C19H18N2O3. The van der Waals surface area contributed by atoms with Crippen LogP contribution in [-0.2, 0) is 9.59 Å². The summed E-state index contributed by atoms with van der Waals surface area (Å²) in [5.41, 5.74) is 0.829. The van der Waals surface area contributed by atoms with Gasteiger partial charge >= 0.3 is 0 Å². The molecule has 1 heterocycles. The normalized spacial score (nSPS) is 38.6. The van der Waals surface area contributed by atoms with Crippen LogP contribution in [0, 0.1) is 35.5 Å². The minimum atomic E-state index is -0.190. The highest BCUT2D eigenvalue weighted by Crippen LogP contribution is 2.65. The number of rotatable bonds is 3. The van der Waals surface area contributed by atoms with E-state index >= 15 is 0 Å². The quantitative estimate of drug-likeness (QED) is 0.486. The average Bonchev–Trinajstić information content (AvgIpc) is 3.39. The monoisotopic (exact) mass is 322 g/mol. The molecule has 5 aliphatic rings. The van der Waals surface area contributed by atoms with E-state index < -0.39 is 0 Å². The molecule has 0 radical (unpaired) electrons. The van der Waals surface area contributed by atoms with Crippen LogP contribution in [-0.4, -0.2) is 30.1 Å². The molecular weight excluding hydrogens is 304 g/mol. The molecule has 3 fully saturated rings. The highest BCUT2D eigenvalue weighted by atomic mass is 16.5. The Balaban J connectivity index is 1.41. The Kier molecular flexibility index (Phi) is 2.78. The second-order valence-electron chi connectivity index (χ2n) is 7.16. The molecule has 1 aromatic rings. The molecule has 5 heteroatoms. The molecule has 1 saturated heterocycles. The minimum Gasteiger partial charge on any atom is -0.497 e. The van der Waals surface area contributed by atoms with Gasteiger partial charge in [-0.15, -0.1) is 0 Å². The van der Waals surface area contributed by atoms with Gasteiger partial charge in [-0.1, -0.05) is 12.2 Å². The van der Waals surface area contributed by atoms with Crippen LogP contribution in [0.25, 0.3) is 0 Å². The molecule has 2 amide bonds. The van der Waals surface area contributed by atoms with Gasteiger partial charge in [0.1, 0.15) is 5.75 Å². The minimum absolute atomic E-state index is 0.125. The van der Waals surface area contributed by atoms with Gasteiger partial charge in [-0.3, -0.25) is 9.59 Å². The van der Waals surface area contributed by atoms with Gasteiger partial charge in [-0.25, -0.2) is 0 Å². The van der Waals surface area contributed by atoms with Crippen LogP contribution >= 0.6 is 0 Å². The third kappa shape index (κ3) is 1.78. The standard InChI is InChI=1S/C19H18N2O3/c1-24-11-4-2-10(3-5-11)9-20-21-18(22)16-12-6-7-13(15-8-14(12)15)17(16)19(21)23/h2-7,9,12-17H,8H2,1H3/b20-9-/t12-,13-,14-,15-,16-,17+/m0/s1. The fourth-order valence-electron chi connectivity index (χ4n) is 4.87. The third-order valence-corrected chi connectivity index (χ3v) is 6.08. The van der Waals surface area contributed by atoms with E-state index in [0.29, 0.717) is 11.8 Å². The van der Waals surface area contributed by atoms with Crippen molar-refractivity contribution in [2.45, 2.75) is 6.42 Å². The Morgan fingerprint density at radius 2 is 1.62 bits per heavy atom. The van der Waals surface area contributed by atoms with E-state index in [-0.39, 0.29) is 35.5 Å². The van der Waals surface area contributed by atoms with E-state index in [0.717, 1.165) is 16.3 Å². The van der Waals surface area contributed by atoms with Crippen molar-refractivity contribution in [2.75, 3.05) is 7.11 Å². The number of hydrazone groups is 1. The van der Waals surface area contributed by atoms with Crippen LogP contribution in [0.5, 0.6) is 5.75 Å². The number of allylic oxidation sites excluding steroid dienone is 2. The summed E-state index contributed by atoms with van der Waals surface area (Å²) in [5.74, 6) is 1.83. The molecule has 4 aliphatic carbocycles. The van der Waals surface area contributed by atoms with E-state index in [1.165, 1.54) is 6.42 Å². The Hall–Kier alpha value is -2.43. The summed E-state index contributed by atoms with van der Waals surface area (Å²) in [5, 5.41) is 5.32. The van der Waals surface area contributed by atoms with Crippen LogP contribution in [0.15, 0.2) is 41.5 Å². The van der Waals surface area contributed by atoms with Crippen molar-refractivity contribution >= 4 is 18.0 Å². The SMILES string of the molecule is COc1ccc(/C=N\N2C(=O)[C@@H]3[C@H]4C=C[C@@H]([C@@H]5C[C@@H]45)[C@@H]3C2=O)cc1. The van der Waals surface area contributed by atoms with E-state index in [1.807, 2.05) is 24.3 Å². The summed E-state index contributed by atoms with van der Waals surface area (Å²) in [6.07, 6.45) is 7.08. The number of nitrogens with zero attached hydrogens (tertiary/aromatic N) is 2. The zero-order valence-electron chi connectivity index (χ0n) is 13.3. The first-order valence-electron chi connectivity index (χ1n) is 8.43. The van der Waals surface area contributed by atoms with Crippen LogP contribution < -0.4 is 4.74 Å². The van der Waals surface area contributed by atoms with Crippen LogP contribution in [0.1, 0.15) is 12.0 Å². The zero-order valence-corrected chi connectivity index (χ0v) is 13.3. The molecule has 0 N–H and O–H groups in total. The van der Waals surface area contributed by atoms with Gasteiger partial charge in [0, 0.05) is 0 Å². The third-order valence-electron chi connectivity index (χ3n) is 6.08.